The highest BCUT2D eigenvalue weighted by Crippen LogP contribution is 2.62. The second kappa shape index (κ2) is 34.8. The van der Waals surface area contributed by atoms with Crippen LogP contribution in [0.25, 0.3) is 0 Å². The average Bonchev–Trinajstić information content (AvgIpc) is 1.56. The molecule has 24 N–H and O–H groups in total. The van der Waals surface area contributed by atoms with Crippen LogP contribution in [0.3, 0.4) is 0 Å². The SMILES string of the molecule is Cc1cn([C@@H]2O[C@](F)(COP(=O)(O)OP(=O)(O)O)[C@@H](O)[C@H]2O)c(=O)[nH]c1=O.[2H]C([2H])(OP(=O)(O)OP(=O)(O)O)[C@@]1(F)O[C@@H](n2cc(C)c(=O)[nH]c2=S)[C@H](O)[C@@H]1O.[2H]C([2H])(OP(=O)(O)OP(=O)(O)O)[C@@]1(F)O[C@@]([2H])(n2cc(C)c(=O)[nH]c2=S)[C@H](O)[C@@H]1O.[2H][C@@]1(n2cc(C)c(=O)[nH]c2=S)O[C@](F)(COP(=O)(O)OP(=O)(O)O)[C@@H](O)[C@H]1O. The molecule has 0 saturated carbocycles. The summed E-state index contributed by atoms with van der Waals surface area (Å²) in [7, 11) is -45.2. The van der Waals surface area contributed by atoms with Crippen molar-refractivity contribution < 1.29 is 216 Å². The summed E-state index contributed by atoms with van der Waals surface area (Å²) in [5.41, 5.74) is -3.94. The Kier molecular flexibility index (Phi) is 27.4. The number of phosphoric acid groups is 8. The van der Waals surface area contributed by atoms with Crippen LogP contribution in [0.2, 0.25) is 0 Å². The van der Waals surface area contributed by atoms with Crippen molar-refractivity contribution in [3.05, 3.63) is 113 Å². The van der Waals surface area contributed by atoms with Crippen LogP contribution in [0.15, 0.2) is 48.8 Å². The molecule has 0 amide bonds. The zero-order valence-electron chi connectivity index (χ0n) is 58.8. The monoisotopic (exact) mass is 1800 g/mol. The lowest BCUT2D eigenvalue weighted by molar-refractivity contribution is -0.205. The molecule has 4 saturated heterocycles. The largest absolute Gasteiger partial charge is 0.481 e. The van der Waals surface area contributed by atoms with E-state index in [9.17, 15) is 125 Å². The summed E-state index contributed by atoms with van der Waals surface area (Å²) in [6.45, 7) is -6.44. The van der Waals surface area contributed by atoms with Crippen LogP contribution in [-0.2, 0) is 90.8 Å². The molecular weight excluding hydrogens is 1730 g/mol. The predicted molar refractivity (Wildman–Crippen MR) is 337 cm³/mol. The molecule has 0 bridgehead atoms. The molecule has 4 aliphatic heterocycles. The van der Waals surface area contributed by atoms with Crippen molar-refractivity contribution in [2.24, 2.45) is 0 Å². The van der Waals surface area contributed by atoms with Crippen LogP contribution in [0.4, 0.5) is 17.6 Å². The normalized spacial score (nSPS) is 33.4. The van der Waals surface area contributed by atoms with Crippen molar-refractivity contribution in [1.29, 1.82) is 0 Å². The van der Waals surface area contributed by atoms with Gasteiger partial charge < -0.3 is 119 Å². The Morgan fingerprint density at radius 2 is 0.648 bits per heavy atom. The minimum absolute atomic E-state index is 0.00646. The molecule has 0 spiro atoms. The van der Waals surface area contributed by atoms with Gasteiger partial charge >= 0.3 is 68.3 Å². The van der Waals surface area contributed by atoms with E-state index in [0.717, 1.165) is 29.4 Å². The van der Waals surface area contributed by atoms with Gasteiger partial charge in [0.15, 0.2) is 39.2 Å². The minimum atomic E-state index is -6.00. The molecule has 0 aromatic carbocycles. The Morgan fingerprint density at radius 3 is 1.00 bits per heavy atom. The molecule has 108 heavy (non-hydrogen) atoms. The number of rotatable bonds is 24. The highest BCUT2D eigenvalue weighted by atomic mass is 32.1. The lowest BCUT2D eigenvalue weighted by Gasteiger charge is -2.24. The lowest BCUT2D eigenvalue weighted by Crippen LogP contribution is -2.43. The van der Waals surface area contributed by atoms with Crippen molar-refractivity contribution in [2.45, 2.75) is 125 Å². The van der Waals surface area contributed by atoms with Crippen LogP contribution in [0, 0.1) is 42.0 Å². The summed E-state index contributed by atoms with van der Waals surface area (Å²) in [5, 5.41) is 80.0. The van der Waals surface area contributed by atoms with Crippen LogP contribution in [0.5, 0.6) is 0 Å². The highest BCUT2D eigenvalue weighted by Gasteiger charge is 2.61. The van der Waals surface area contributed by atoms with Gasteiger partial charge in [-0.2, -0.15) is 17.2 Å². The van der Waals surface area contributed by atoms with E-state index in [1.165, 1.54) is 27.7 Å². The molecular formula is C40H60F4N8O45P8S3. The summed E-state index contributed by atoms with van der Waals surface area (Å²) in [4.78, 5) is 171. The summed E-state index contributed by atoms with van der Waals surface area (Å²) in [5.74, 6) is -15.2. The molecule has 4 aliphatic rings. The van der Waals surface area contributed by atoms with Gasteiger partial charge in [0.2, 0.25) is 0 Å². The molecule has 0 aliphatic carbocycles. The van der Waals surface area contributed by atoms with Crippen molar-refractivity contribution in [1.82, 2.24) is 38.2 Å². The lowest BCUT2D eigenvalue weighted by atomic mass is 10.1. The van der Waals surface area contributed by atoms with Crippen LogP contribution < -0.4 is 27.9 Å². The number of halogens is 4. The summed E-state index contributed by atoms with van der Waals surface area (Å²) in [6.07, 6.45) is -25.9. The summed E-state index contributed by atoms with van der Waals surface area (Å²) >= 11 is 14.5. The van der Waals surface area contributed by atoms with Crippen LogP contribution in [0.1, 0.15) is 55.3 Å². The van der Waals surface area contributed by atoms with E-state index in [2.05, 4.69) is 55.0 Å². The second-order valence-corrected chi connectivity index (χ2v) is 33.7. The molecule has 0 radical (unpaired) electrons. The van der Waals surface area contributed by atoms with Crippen molar-refractivity contribution >= 4 is 99.2 Å². The first-order chi connectivity index (χ1) is 50.8. The number of nitrogens with zero attached hydrogens (tertiary/aromatic N) is 4. The van der Waals surface area contributed by atoms with Gasteiger partial charge in [-0.25, -0.2) is 58.9 Å². The molecule has 68 heteroatoms. The number of alkyl halides is 4. The van der Waals surface area contributed by atoms with E-state index in [-0.39, 0.29) is 22.3 Å². The first kappa shape index (κ1) is 85.2. The van der Waals surface area contributed by atoms with E-state index in [0.29, 0.717) is 13.7 Å². The Balaban J connectivity index is 0.000000272. The second-order valence-electron chi connectivity index (χ2n) is 21.3. The number of phosphoric ester groups is 4. The Labute approximate surface area is 616 Å². The predicted octanol–water partition coefficient (Wildman–Crippen LogP) is -3.94. The van der Waals surface area contributed by atoms with Gasteiger partial charge in [-0.1, -0.05) is 0 Å². The number of aromatic amines is 4. The van der Waals surface area contributed by atoms with Gasteiger partial charge in [-0.3, -0.25) is 75.5 Å². The van der Waals surface area contributed by atoms with Gasteiger partial charge in [0, 0.05) is 47.0 Å². The third kappa shape index (κ3) is 25.1. The fraction of sp³-hybridized carbons (Fsp3) is 0.600. The zero-order valence-corrected chi connectivity index (χ0v) is 62.4. The third-order valence-corrected chi connectivity index (χ3v) is 22.1. The maximum absolute atomic E-state index is 15.3. The van der Waals surface area contributed by atoms with Crippen molar-refractivity contribution in [3.63, 3.8) is 0 Å². The average molecular weight is 1800 g/mol. The van der Waals surface area contributed by atoms with Gasteiger partial charge in [0.1, 0.15) is 75.2 Å². The number of aromatic nitrogens is 8. The fourth-order valence-corrected chi connectivity index (χ4v) is 15.0. The molecule has 4 aromatic rings. The molecule has 4 fully saturated rings. The summed E-state index contributed by atoms with van der Waals surface area (Å²) in [6, 6.07) is 0. The van der Waals surface area contributed by atoms with E-state index >= 15 is 8.78 Å². The molecule has 4 aromatic heterocycles. The van der Waals surface area contributed by atoms with E-state index in [1.807, 2.05) is 4.98 Å². The maximum Gasteiger partial charge on any atom is 0.481 e. The Bertz CT molecular complexity index is 5250. The molecule has 53 nitrogen and oxygen atoms in total. The van der Waals surface area contributed by atoms with E-state index in [1.54, 1.807) is 0 Å². The van der Waals surface area contributed by atoms with Crippen LogP contribution >= 0.6 is 99.2 Å². The number of ether oxygens (including phenoxy) is 4. The number of aryl methyl sites for hydroxylation is 4. The number of hydrogen-bond donors (Lipinski definition) is 24. The summed E-state index contributed by atoms with van der Waals surface area (Å²) < 4.78 is 244. The van der Waals surface area contributed by atoms with Crippen LogP contribution in [-0.4, -0.2) is 236 Å². The quantitative estimate of drug-likeness (QED) is 0.0181. The maximum atomic E-state index is 15.3. The van der Waals surface area contributed by atoms with Crippen molar-refractivity contribution in [2.75, 3.05) is 26.3 Å². The van der Waals surface area contributed by atoms with E-state index < -0.39 is 228 Å². The molecule has 616 valence electrons. The number of aliphatic hydroxyl groups is 8. The molecule has 8 heterocycles. The number of H-pyrrole nitrogens is 4. The van der Waals surface area contributed by atoms with Gasteiger partial charge in [0.25, 0.3) is 45.7 Å². The number of aliphatic hydroxyl groups excluding tert-OH is 8. The number of hydrogen-bond acceptors (Lipinski definition) is 36. The minimum Gasteiger partial charge on any atom is -0.385 e. The zero-order chi connectivity index (χ0) is 88.6. The van der Waals surface area contributed by atoms with Crippen molar-refractivity contribution in [3.8, 4) is 0 Å². The number of nitrogens with one attached hydrogen (secondary N) is 4. The third-order valence-electron chi connectivity index (χ3n) is 13.0. The Morgan fingerprint density at radius 1 is 0.407 bits per heavy atom. The smallest absolute Gasteiger partial charge is 0.385 e. The standard InChI is InChI=1S/C10H15FN2O12P2.3C10H15FN2O11P2S/c1-4-2-13(9(17)12-7(4)16)8-5(14)6(15)10(11,24-8)3-23-27(21,22)25-26(18,19)20;3*1-4-2-13(9(27)12-7(4)16)8-5(14)6(15)10(11,23-8)3-22-26(20,21)24-25(17,18)19/h2,5-6,8,14-15H,3H2,1H3,(H,21,22)(H,12,16,17)(H2,18,19,20);3*2,5-6,8,14-15H,3H2,1H3,(H,20,21)(H,12,16,27)(H2,17,18,19)/t4*5-,6+,8-,10-/m1111/s1/i;3D2,8D;8D;3D2. The fourth-order valence-electron chi connectivity index (χ4n) is 8.15. The van der Waals surface area contributed by atoms with E-state index in [4.69, 9.17) is 103 Å². The first-order valence-electron chi connectivity index (χ1n) is 30.2. The van der Waals surface area contributed by atoms with Gasteiger partial charge in [0.05, 0.1) is 8.22 Å². The molecule has 8 rings (SSSR count). The molecule has 4 unspecified atom stereocenters. The topological polar surface area (TPSA) is 820 Å². The molecule has 20 atom stereocenters. The Hall–Kier alpha value is -3.74. The highest BCUT2D eigenvalue weighted by molar-refractivity contribution is 7.71. The van der Waals surface area contributed by atoms with Gasteiger partial charge in [-0.15, -0.1) is 0 Å². The first-order valence-corrected chi connectivity index (χ1v) is 40.5. The van der Waals surface area contributed by atoms with Gasteiger partial charge in [-0.05, 0) is 64.3 Å².